The van der Waals surface area contributed by atoms with Crippen LogP contribution in [0.25, 0.3) is 0 Å². The van der Waals surface area contributed by atoms with Gasteiger partial charge in [0.15, 0.2) is 0 Å². The van der Waals surface area contributed by atoms with Crippen molar-refractivity contribution in [3.8, 4) is 0 Å². The van der Waals surface area contributed by atoms with Gasteiger partial charge in [0.2, 0.25) is 0 Å². The van der Waals surface area contributed by atoms with Gasteiger partial charge in [-0.05, 0) is 31.4 Å². The summed E-state index contributed by atoms with van der Waals surface area (Å²) >= 11 is 2.19. The Morgan fingerprint density at radius 2 is 2.00 bits per heavy atom. The highest BCUT2D eigenvalue weighted by molar-refractivity contribution is 7.99. The first-order chi connectivity index (χ1) is 8.74. The quantitative estimate of drug-likeness (QED) is 0.826. The van der Waals surface area contributed by atoms with Crippen molar-refractivity contribution in [2.75, 3.05) is 25.4 Å². The average molecular weight is 270 g/mol. The lowest BCUT2D eigenvalue weighted by Gasteiger charge is -2.46. The summed E-state index contributed by atoms with van der Waals surface area (Å²) in [5.74, 6) is 1.28. The lowest BCUT2D eigenvalue weighted by Crippen LogP contribution is -2.62. The van der Waals surface area contributed by atoms with E-state index in [1.165, 1.54) is 57.5 Å². The van der Waals surface area contributed by atoms with Gasteiger partial charge < -0.3 is 5.32 Å². The number of hydrogen-bond donors (Lipinski definition) is 1. The van der Waals surface area contributed by atoms with Gasteiger partial charge in [0, 0.05) is 36.5 Å². The highest BCUT2D eigenvalue weighted by Crippen LogP contribution is 2.35. The second kappa shape index (κ2) is 6.62. The molecule has 2 nitrogen and oxygen atoms in total. The molecule has 2 rings (SSSR count). The number of nitrogens with one attached hydrogen (secondary N) is 1. The van der Waals surface area contributed by atoms with E-state index in [-0.39, 0.29) is 0 Å². The van der Waals surface area contributed by atoms with Gasteiger partial charge in [0.05, 0.1) is 0 Å². The Hall–Kier alpha value is 0.270. The molecule has 1 aliphatic carbocycles. The van der Waals surface area contributed by atoms with E-state index in [2.05, 4.69) is 42.7 Å². The first-order valence-electron chi connectivity index (χ1n) is 7.85. The molecule has 1 heterocycles. The van der Waals surface area contributed by atoms with Crippen LogP contribution in [0.4, 0.5) is 0 Å². The molecule has 106 valence electrons. The van der Waals surface area contributed by atoms with Crippen molar-refractivity contribution in [3.63, 3.8) is 0 Å². The standard InChI is InChI=1S/C15H30N2S/c1-4-15(5-2)12-17(11-10-16-15)13-8-7-9-14(13)18-6-3/h13-14,16H,4-12H2,1-3H3. The molecule has 1 N–H and O–H groups in total. The molecule has 18 heavy (non-hydrogen) atoms. The van der Waals surface area contributed by atoms with Crippen LogP contribution < -0.4 is 5.32 Å². The maximum atomic E-state index is 3.78. The Balaban J connectivity index is 1.99. The van der Waals surface area contributed by atoms with Crippen LogP contribution in [0.5, 0.6) is 0 Å². The molecule has 0 spiro atoms. The predicted octanol–water partition coefficient (Wildman–Crippen LogP) is 3.12. The van der Waals surface area contributed by atoms with Crippen molar-refractivity contribution in [3.05, 3.63) is 0 Å². The summed E-state index contributed by atoms with van der Waals surface area (Å²) in [6.45, 7) is 10.7. The summed E-state index contributed by atoms with van der Waals surface area (Å²) in [6, 6.07) is 0.856. The third-order valence-electron chi connectivity index (χ3n) is 5.03. The van der Waals surface area contributed by atoms with Crippen molar-refractivity contribution >= 4 is 11.8 Å². The molecule has 1 aliphatic heterocycles. The zero-order chi connectivity index (χ0) is 13.0. The SMILES string of the molecule is CCSC1CCCC1N1CCNC(CC)(CC)C1. The predicted molar refractivity (Wildman–Crippen MR) is 82.4 cm³/mol. The van der Waals surface area contributed by atoms with Crippen LogP contribution in [0, 0.1) is 0 Å². The highest BCUT2D eigenvalue weighted by Gasteiger charge is 2.38. The minimum absolute atomic E-state index is 0.391. The fourth-order valence-electron chi connectivity index (χ4n) is 3.73. The van der Waals surface area contributed by atoms with Crippen LogP contribution in [0.1, 0.15) is 52.9 Å². The van der Waals surface area contributed by atoms with E-state index in [0.29, 0.717) is 5.54 Å². The van der Waals surface area contributed by atoms with Crippen LogP contribution in [-0.2, 0) is 0 Å². The smallest absolute Gasteiger partial charge is 0.0304 e. The zero-order valence-electron chi connectivity index (χ0n) is 12.4. The third-order valence-corrected chi connectivity index (χ3v) is 6.34. The van der Waals surface area contributed by atoms with E-state index in [0.717, 1.165) is 11.3 Å². The van der Waals surface area contributed by atoms with Crippen LogP contribution in [0.3, 0.4) is 0 Å². The average Bonchev–Trinajstić information content (AvgIpc) is 2.87. The van der Waals surface area contributed by atoms with Crippen molar-refractivity contribution < 1.29 is 0 Å². The minimum Gasteiger partial charge on any atom is -0.309 e. The van der Waals surface area contributed by atoms with Crippen LogP contribution in [0.2, 0.25) is 0 Å². The molecule has 0 aromatic carbocycles. The first-order valence-corrected chi connectivity index (χ1v) is 8.90. The van der Waals surface area contributed by atoms with Crippen LogP contribution >= 0.6 is 11.8 Å². The maximum absolute atomic E-state index is 3.78. The molecule has 2 unspecified atom stereocenters. The van der Waals surface area contributed by atoms with E-state index in [1.807, 2.05) is 0 Å². The molecular formula is C15H30N2S. The second-order valence-corrected chi connectivity index (χ2v) is 7.39. The monoisotopic (exact) mass is 270 g/mol. The van der Waals surface area contributed by atoms with Gasteiger partial charge in [-0.3, -0.25) is 4.90 Å². The van der Waals surface area contributed by atoms with Gasteiger partial charge in [0.25, 0.3) is 0 Å². The van der Waals surface area contributed by atoms with E-state index in [1.54, 1.807) is 0 Å². The molecule has 2 atom stereocenters. The summed E-state index contributed by atoms with van der Waals surface area (Å²) in [5.41, 5.74) is 0.391. The lowest BCUT2D eigenvalue weighted by molar-refractivity contribution is 0.0895. The Morgan fingerprint density at radius 1 is 1.22 bits per heavy atom. The summed E-state index contributed by atoms with van der Waals surface area (Å²) in [4.78, 5) is 2.81. The Morgan fingerprint density at radius 3 is 2.67 bits per heavy atom. The van der Waals surface area contributed by atoms with Gasteiger partial charge in [0.1, 0.15) is 0 Å². The van der Waals surface area contributed by atoms with Gasteiger partial charge in [-0.15, -0.1) is 0 Å². The maximum Gasteiger partial charge on any atom is 0.0304 e. The minimum atomic E-state index is 0.391. The van der Waals surface area contributed by atoms with Crippen molar-refractivity contribution in [2.45, 2.75) is 69.7 Å². The number of rotatable bonds is 5. The molecule has 0 amide bonds. The first kappa shape index (κ1) is 14.7. The fraction of sp³-hybridized carbons (Fsp3) is 1.00. The topological polar surface area (TPSA) is 15.3 Å². The van der Waals surface area contributed by atoms with E-state index >= 15 is 0 Å². The normalized spacial score (nSPS) is 32.8. The molecule has 1 saturated carbocycles. The second-order valence-electron chi connectivity index (χ2n) is 5.88. The molecule has 0 aromatic heterocycles. The molecular weight excluding hydrogens is 240 g/mol. The van der Waals surface area contributed by atoms with E-state index in [4.69, 9.17) is 0 Å². The van der Waals surface area contributed by atoms with Gasteiger partial charge in [-0.1, -0.05) is 27.2 Å². The molecule has 0 bridgehead atoms. The Labute approximate surface area is 117 Å². The van der Waals surface area contributed by atoms with Gasteiger partial charge in [-0.25, -0.2) is 0 Å². The van der Waals surface area contributed by atoms with Gasteiger partial charge >= 0.3 is 0 Å². The Kier molecular flexibility index (Phi) is 5.40. The number of thioether (sulfide) groups is 1. The lowest BCUT2D eigenvalue weighted by atomic mass is 9.89. The summed E-state index contributed by atoms with van der Waals surface area (Å²) in [5, 5.41) is 4.69. The van der Waals surface area contributed by atoms with Crippen LogP contribution in [-0.4, -0.2) is 47.1 Å². The third kappa shape index (κ3) is 3.05. The number of piperazine rings is 1. The van der Waals surface area contributed by atoms with E-state index in [9.17, 15) is 0 Å². The summed E-state index contributed by atoms with van der Waals surface area (Å²) in [7, 11) is 0. The number of hydrogen-bond acceptors (Lipinski definition) is 3. The van der Waals surface area contributed by atoms with Crippen molar-refractivity contribution in [2.24, 2.45) is 0 Å². The fourth-order valence-corrected chi connectivity index (χ4v) is 5.02. The molecule has 1 saturated heterocycles. The Bertz CT molecular complexity index is 253. The zero-order valence-corrected chi connectivity index (χ0v) is 13.2. The largest absolute Gasteiger partial charge is 0.309 e. The molecule has 0 radical (unpaired) electrons. The summed E-state index contributed by atoms with van der Waals surface area (Å²) < 4.78 is 0. The van der Waals surface area contributed by atoms with Gasteiger partial charge in [-0.2, -0.15) is 11.8 Å². The van der Waals surface area contributed by atoms with Crippen molar-refractivity contribution in [1.29, 1.82) is 0 Å². The van der Waals surface area contributed by atoms with Crippen LogP contribution in [0.15, 0.2) is 0 Å². The summed E-state index contributed by atoms with van der Waals surface area (Å²) in [6.07, 6.45) is 6.84. The number of nitrogens with zero attached hydrogens (tertiary/aromatic N) is 1. The molecule has 2 fully saturated rings. The molecule has 3 heteroatoms. The molecule has 2 aliphatic rings. The molecule has 0 aromatic rings. The van der Waals surface area contributed by atoms with Crippen molar-refractivity contribution in [1.82, 2.24) is 10.2 Å². The highest BCUT2D eigenvalue weighted by atomic mass is 32.2. The van der Waals surface area contributed by atoms with E-state index < -0.39 is 0 Å².